The molecule has 140 valence electrons. The van der Waals surface area contributed by atoms with Crippen LogP contribution in [0.2, 0.25) is 0 Å². The average Bonchev–Trinajstić information content (AvgIpc) is 3.26. The zero-order chi connectivity index (χ0) is 19.4. The zero-order valence-corrected chi connectivity index (χ0v) is 15.1. The standard InChI is InChI=1S/C18H20N6O3/c1-3-16(23-12-15(10-19-23)24(26)27)18(25)20-17-7-8-22(21-17)11-14-6-4-5-13(2)9-14/h4-10,12,16H,3,11H2,1-2H3,(H,20,21,25). The van der Waals surface area contributed by atoms with Crippen molar-refractivity contribution < 1.29 is 9.72 Å². The Morgan fingerprint density at radius 3 is 2.85 bits per heavy atom. The fourth-order valence-corrected chi connectivity index (χ4v) is 2.81. The van der Waals surface area contributed by atoms with Crippen molar-refractivity contribution in [2.75, 3.05) is 5.32 Å². The molecule has 1 amide bonds. The lowest BCUT2D eigenvalue weighted by atomic mass is 10.1. The summed E-state index contributed by atoms with van der Waals surface area (Å²) in [7, 11) is 0. The molecular weight excluding hydrogens is 348 g/mol. The van der Waals surface area contributed by atoms with Crippen LogP contribution in [-0.4, -0.2) is 30.4 Å². The SMILES string of the molecule is CCC(C(=O)Nc1ccn(Cc2cccc(C)c2)n1)n1cc([N+](=O)[O-])cn1. The van der Waals surface area contributed by atoms with E-state index in [1.165, 1.54) is 16.4 Å². The van der Waals surface area contributed by atoms with Crippen molar-refractivity contribution in [1.82, 2.24) is 19.6 Å². The van der Waals surface area contributed by atoms with Crippen molar-refractivity contribution in [3.63, 3.8) is 0 Å². The number of anilines is 1. The van der Waals surface area contributed by atoms with Crippen LogP contribution in [0.5, 0.6) is 0 Å². The van der Waals surface area contributed by atoms with Gasteiger partial charge in [-0.25, -0.2) is 0 Å². The third-order valence-electron chi connectivity index (χ3n) is 4.13. The van der Waals surface area contributed by atoms with Crippen molar-refractivity contribution >= 4 is 17.4 Å². The third-order valence-corrected chi connectivity index (χ3v) is 4.13. The molecule has 2 aromatic heterocycles. The topological polar surface area (TPSA) is 108 Å². The molecule has 0 aliphatic heterocycles. The van der Waals surface area contributed by atoms with Gasteiger partial charge < -0.3 is 5.32 Å². The maximum Gasteiger partial charge on any atom is 0.307 e. The van der Waals surface area contributed by atoms with Crippen molar-refractivity contribution in [2.45, 2.75) is 32.9 Å². The van der Waals surface area contributed by atoms with E-state index in [4.69, 9.17) is 0 Å². The quantitative estimate of drug-likeness (QED) is 0.509. The second kappa shape index (κ2) is 7.81. The second-order valence-electron chi connectivity index (χ2n) is 6.24. The Kier molecular flexibility index (Phi) is 5.30. The molecule has 1 aromatic carbocycles. The molecule has 1 atom stereocenters. The monoisotopic (exact) mass is 368 g/mol. The first-order chi connectivity index (χ1) is 13.0. The summed E-state index contributed by atoms with van der Waals surface area (Å²) in [6.45, 7) is 4.44. The molecular formula is C18H20N6O3. The van der Waals surface area contributed by atoms with Crippen LogP contribution >= 0.6 is 0 Å². The van der Waals surface area contributed by atoms with Crippen LogP contribution in [0, 0.1) is 17.0 Å². The Morgan fingerprint density at radius 2 is 2.19 bits per heavy atom. The molecule has 3 aromatic rings. The lowest BCUT2D eigenvalue weighted by molar-refractivity contribution is -0.385. The molecule has 0 aliphatic carbocycles. The zero-order valence-electron chi connectivity index (χ0n) is 15.1. The lowest BCUT2D eigenvalue weighted by Gasteiger charge is -2.14. The summed E-state index contributed by atoms with van der Waals surface area (Å²) < 4.78 is 3.04. The first kappa shape index (κ1) is 18.3. The fraction of sp³-hybridized carbons (Fsp3) is 0.278. The number of aromatic nitrogens is 4. The van der Waals surface area contributed by atoms with Crippen LogP contribution in [0.1, 0.15) is 30.5 Å². The number of amides is 1. The number of nitro groups is 1. The highest BCUT2D eigenvalue weighted by Gasteiger charge is 2.22. The number of rotatable bonds is 7. The first-order valence-corrected chi connectivity index (χ1v) is 8.54. The van der Waals surface area contributed by atoms with Crippen LogP contribution in [0.25, 0.3) is 0 Å². The number of aryl methyl sites for hydroxylation is 1. The molecule has 2 heterocycles. The van der Waals surface area contributed by atoms with E-state index in [2.05, 4.69) is 21.6 Å². The van der Waals surface area contributed by atoms with Crippen LogP contribution in [-0.2, 0) is 11.3 Å². The van der Waals surface area contributed by atoms with Crippen LogP contribution in [0.15, 0.2) is 48.9 Å². The van der Waals surface area contributed by atoms with Crippen molar-refractivity contribution in [2.24, 2.45) is 0 Å². The number of nitrogens with one attached hydrogen (secondary N) is 1. The summed E-state index contributed by atoms with van der Waals surface area (Å²) in [5.74, 6) is 0.101. The minimum absolute atomic E-state index is 0.149. The van der Waals surface area contributed by atoms with Gasteiger partial charge in [-0.15, -0.1) is 0 Å². The molecule has 0 bridgehead atoms. The summed E-state index contributed by atoms with van der Waals surface area (Å²) in [6.07, 6.45) is 4.61. The van der Waals surface area contributed by atoms with Gasteiger partial charge in [0, 0.05) is 12.3 Å². The smallest absolute Gasteiger partial charge is 0.307 e. The molecule has 0 fully saturated rings. The Hall–Kier alpha value is -3.49. The Bertz CT molecular complexity index is 961. The molecule has 1 unspecified atom stereocenters. The molecule has 0 saturated carbocycles. The van der Waals surface area contributed by atoms with Gasteiger partial charge in [-0.05, 0) is 18.9 Å². The Morgan fingerprint density at radius 1 is 1.37 bits per heavy atom. The predicted molar refractivity (Wildman–Crippen MR) is 99.3 cm³/mol. The summed E-state index contributed by atoms with van der Waals surface area (Å²) in [5, 5.41) is 21.8. The molecule has 9 nitrogen and oxygen atoms in total. The van der Waals surface area contributed by atoms with Crippen LogP contribution in [0.4, 0.5) is 11.5 Å². The van der Waals surface area contributed by atoms with Gasteiger partial charge >= 0.3 is 5.69 Å². The van der Waals surface area contributed by atoms with Crippen molar-refractivity contribution in [1.29, 1.82) is 0 Å². The van der Waals surface area contributed by atoms with Crippen molar-refractivity contribution in [3.8, 4) is 0 Å². The lowest BCUT2D eigenvalue weighted by Crippen LogP contribution is -2.26. The van der Waals surface area contributed by atoms with Crippen LogP contribution < -0.4 is 5.32 Å². The highest BCUT2D eigenvalue weighted by Crippen LogP contribution is 2.18. The highest BCUT2D eigenvalue weighted by molar-refractivity contribution is 5.92. The second-order valence-corrected chi connectivity index (χ2v) is 6.24. The maximum atomic E-state index is 12.5. The Labute approximate surface area is 155 Å². The van der Waals surface area contributed by atoms with E-state index in [-0.39, 0.29) is 11.6 Å². The average molecular weight is 368 g/mol. The van der Waals surface area contributed by atoms with Gasteiger partial charge in [0.25, 0.3) is 0 Å². The highest BCUT2D eigenvalue weighted by atomic mass is 16.6. The van der Waals surface area contributed by atoms with Gasteiger partial charge in [-0.1, -0.05) is 36.8 Å². The number of benzene rings is 1. The molecule has 27 heavy (non-hydrogen) atoms. The van der Waals surface area contributed by atoms with Crippen molar-refractivity contribution in [3.05, 3.63) is 70.2 Å². The fourth-order valence-electron chi connectivity index (χ4n) is 2.81. The van der Waals surface area contributed by atoms with Gasteiger partial charge in [0.2, 0.25) is 5.91 Å². The molecule has 0 aliphatic rings. The summed E-state index contributed by atoms with van der Waals surface area (Å²) in [5.41, 5.74) is 2.14. The molecule has 3 rings (SSSR count). The molecule has 9 heteroatoms. The van der Waals surface area contributed by atoms with E-state index in [0.29, 0.717) is 18.8 Å². The van der Waals surface area contributed by atoms with Gasteiger partial charge in [-0.2, -0.15) is 10.2 Å². The number of carbonyl (C=O) groups is 1. The maximum absolute atomic E-state index is 12.5. The number of hydrogen-bond acceptors (Lipinski definition) is 5. The van der Waals surface area contributed by atoms with Gasteiger partial charge in [-0.3, -0.25) is 24.3 Å². The van der Waals surface area contributed by atoms with E-state index in [1.807, 2.05) is 32.0 Å². The summed E-state index contributed by atoms with van der Waals surface area (Å²) in [4.78, 5) is 22.8. The predicted octanol–water partition coefficient (Wildman–Crippen LogP) is 2.93. The van der Waals surface area contributed by atoms with E-state index in [1.54, 1.807) is 16.9 Å². The van der Waals surface area contributed by atoms with Gasteiger partial charge in [0.05, 0.1) is 11.5 Å². The number of carbonyl (C=O) groups excluding carboxylic acids is 1. The van der Waals surface area contributed by atoms with E-state index in [9.17, 15) is 14.9 Å². The molecule has 0 spiro atoms. The minimum Gasteiger partial charge on any atom is -0.307 e. The molecule has 0 saturated heterocycles. The van der Waals surface area contributed by atoms with E-state index >= 15 is 0 Å². The third kappa shape index (κ3) is 4.38. The molecule has 1 N–H and O–H groups in total. The first-order valence-electron chi connectivity index (χ1n) is 8.54. The molecule has 0 radical (unpaired) electrons. The van der Waals surface area contributed by atoms with E-state index < -0.39 is 11.0 Å². The van der Waals surface area contributed by atoms with Gasteiger partial charge in [0.15, 0.2) is 5.82 Å². The largest absolute Gasteiger partial charge is 0.307 e. The summed E-state index contributed by atoms with van der Waals surface area (Å²) in [6, 6.07) is 9.18. The summed E-state index contributed by atoms with van der Waals surface area (Å²) >= 11 is 0. The van der Waals surface area contributed by atoms with Crippen LogP contribution in [0.3, 0.4) is 0 Å². The minimum atomic E-state index is -0.652. The number of hydrogen-bond donors (Lipinski definition) is 1. The van der Waals surface area contributed by atoms with Gasteiger partial charge in [0.1, 0.15) is 18.4 Å². The normalized spacial score (nSPS) is 11.9. The Balaban J connectivity index is 1.67. The number of nitrogens with zero attached hydrogens (tertiary/aromatic N) is 5. The van der Waals surface area contributed by atoms with E-state index in [0.717, 1.165) is 11.8 Å².